The maximum absolute atomic E-state index is 12.5. The molecular formula is C20H26N2O6S. The molecule has 0 bridgehead atoms. The highest BCUT2D eigenvalue weighted by molar-refractivity contribution is 7.89. The molecule has 0 fully saturated rings. The van der Waals surface area contributed by atoms with E-state index >= 15 is 0 Å². The van der Waals surface area contributed by atoms with Gasteiger partial charge < -0.3 is 19.5 Å². The first-order chi connectivity index (χ1) is 13.9. The molecule has 0 unspecified atom stereocenters. The smallest absolute Gasteiger partial charge is 0.251 e. The predicted molar refractivity (Wildman–Crippen MR) is 109 cm³/mol. The third-order valence-electron chi connectivity index (χ3n) is 4.08. The summed E-state index contributed by atoms with van der Waals surface area (Å²) < 4.78 is 42.8. The average molecular weight is 423 g/mol. The van der Waals surface area contributed by atoms with Gasteiger partial charge in [0.1, 0.15) is 6.61 Å². The van der Waals surface area contributed by atoms with Crippen molar-refractivity contribution in [3.8, 4) is 11.5 Å². The Morgan fingerprint density at radius 2 is 1.72 bits per heavy atom. The molecule has 0 aliphatic heterocycles. The van der Waals surface area contributed by atoms with Gasteiger partial charge in [-0.05, 0) is 36.8 Å². The molecule has 1 amide bonds. The van der Waals surface area contributed by atoms with Gasteiger partial charge in [0.15, 0.2) is 11.5 Å². The van der Waals surface area contributed by atoms with Crippen LogP contribution in [-0.4, -0.2) is 54.8 Å². The Bertz CT molecular complexity index is 930. The van der Waals surface area contributed by atoms with E-state index in [4.69, 9.17) is 14.2 Å². The Labute approximate surface area is 171 Å². The quantitative estimate of drug-likeness (QED) is 0.535. The second kappa shape index (κ2) is 10.8. The maximum Gasteiger partial charge on any atom is 0.251 e. The van der Waals surface area contributed by atoms with Crippen LogP contribution in [0.5, 0.6) is 11.5 Å². The number of methoxy groups -OCH3 is 2. The summed E-state index contributed by atoms with van der Waals surface area (Å²) in [5, 5.41) is 2.74. The number of aryl methyl sites for hydroxylation is 1. The summed E-state index contributed by atoms with van der Waals surface area (Å²) in [7, 11) is -0.683. The van der Waals surface area contributed by atoms with E-state index in [0.29, 0.717) is 17.1 Å². The van der Waals surface area contributed by atoms with Crippen LogP contribution in [0.3, 0.4) is 0 Å². The monoisotopic (exact) mass is 422 g/mol. The van der Waals surface area contributed by atoms with Crippen LogP contribution in [0.15, 0.2) is 47.4 Å². The van der Waals surface area contributed by atoms with Crippen LogP contribution in [0.4, 0.5) is 0 Å². The molecule has 0 spiro atoms. The van der Waals surface area contributed by atoms with Crippen molar-refractivity contribution >= 4 is 15.9 Å². The fourth-order valence-electron chi connectivity index (χ4n) is 2.53. The number of para-hydroxylation sites is 2. The minimum absolute atomic E-state index is 0.0228. The molecule has 2 aromatic carbocycles. The maximum atomic E-state index is 12.5. The Hall–Kier alpha value is -2.62. The molecule has 0 aliphatic carbocycles. The Balaban J connectivity index is 1.98. The number of amides is 1. The lowest BCUT2D eigenvalue weighted by Gasteiger charge is -2.12. The van der Waals surface area contributed by atoms with Crippen molar-refractivity contribution in [3.05, 3.63) is 53.6 Å². The van der Waals surface area contributed by atoms with Crippen molar-refractivity contribution in [2.24, 2.45) is 0 Å². The number of sulfonamides is 1. The van der Waals surface area contributed by atoms with Gasteiger partial charge in [-0.2, -0.15) is 0 Å². The summed E-state index contributed by atoms with van der Waals surface area (Å²) in [6.45, 7) is 2.63. The summed E-state index contributed by atoms with van der Waals surface area (Å²) in [6, 6.07) is 11.6. The zero-order valence-electron chi connectivity index (χ0n) is 16.7. The van der Waals surface area contributed by atoms with Crippen LogP contribution >= 0.6 is 0 Å². The van der Waals surface area contributed by atoms with E-state index < -0.39 is 10.0 Å². The number of benzene rings is 2. The third-order valence-corrected chi connectivity index (χ3v) is 5.54. The zero-order valence-corrected chi connectivity index (χ0v) is 17.5. The Kier molecular flexibility index (Phi) is 8.44. The molecule has 2 aromatic rings. The van der Waals surface area contributed by atoms with Gasteiger partial charge in [-0.15, -0.1) is 0 Å². The number of nitrogens with one attached hydrogen (secondary N) is 2. The molecule has 0 saturated carbocycles. The van der Waals surface area contributed by atoms with E-state index in [9.17, 15) is 13.2 Å². The molecule has 2 N–H and O–H groups in total. The first kappa shape index (κ1) is 22.7. The Morgan fingerprint density at radius 1 is 1.00 bits per heavy atom. The second-order valence-electron chi connectivity index (χ2n) is 6.12. The van der Waals surface area contributed by atoms with Crippen molar-refractivity contribution in [2.45, 2.75) is 11.8 Å². The summed E-state index contributed by atoms with van der Waals surface area (Å²) in [5.74, 6) is 0.810. The van der Waals surface area contributed by atoms with Gasteiger partial charge >= 0.3 is 0 Å². The molecule has 0 aliphatic rings. The molecule has 0 aromatic heterocycles. The third kappa shape index (κ3) is 6.45. The molecule has 9 heteroatoms. The lowest BCUT2D eigenvalue weighted by Crippen LogP contribution is -2.30. The van der Waals surface area contributed by atoms with Gasteiger partial charge in [0.2, 0.25) is 10.0 Å². The molecule has 0 heterocycles. The molecule has 8 nitrogen and oxygen atoms in total. The number of hydrogen-bond acceptors (Lipinski definition) is 6. The Morgan fingerprint density at radius 3 is 2.41 bits per heavy atom. The van der Waals surface area contributed by atoms with E-state index in [0.717, 1.165) is 0 Å². The number of rotatable bonds is 11. The molecule has 158 valence electrons. The first-order valence-electron chi connectivity index (χ1n) is 9.02. The molecule has 0 radical (unpaired) electrons. The van der Waals surface area contributed by atoms with Gasteiger partial charge in [-0.3, -0.25) is 4.79 Å². The van der Waals surface area contributed by atoms with Gasteiger partial charge in [0, 0.05) is 19.2 Å². The highest BCUT2D eigenvalue weighted by atomic mass is 32.2. The predicted octanol–water partition coefficient (Wildman–Crippen LogP) is 1.74. The summed E-state index contributed by atoms with van der Waals surface area (Å²) in [6.07, 6.45) is 0. The van der Waals surface area contributed by atoms with Crippen molar-refractivity contribution < 1.29 is 27.4 Å². The lowest BCUT2D eigenvalue weighted by molar-refractivity contribution is 0.0946. The zero-order chi connectivity index (χ0) is 21.3. The fraction of sp³-hybridized carbons (Fsp3) is 0.350. The van der Waals surface area contributed by atoms with Gasteiger partial charge in [0.05, 0.1) is 25.2 Å². The van der Waals surface area contributed by atoms with Gasteiger partial charge in [-0.25, -0.2) is 13.1 Å². The molecule has 0 atom stereocenters. The van der Waals surface area contributed by atoms with Crippen molar-refractivity contribution in [3.63, 3.8) is 0 Å². The topological polar surface area (TPSA) is 103 Å². The van der Waals surface area contributed by atoms with Crippen molar-refractivity contribution in [1.82, 2.24) is 10.0 Å². The summed E-state index contributed by atoms with van der Waals surface area (Å²) >= 11 is 0. The lowest BCUT2D eigenvalue weighted by atomic mass is 10.1. The minimum Gasteiger partial charge on any atom is -0.493 e. The summed E-state index contributed by atoms with van der Waals surface area (Å²) in [4.78, 5) is 12.5. The molecular weight excluding hydrogens is 396 g/mol. The first-order valence-corrected chi connectivity index (χ1v) is 10.5. The van der Waals surface area contributed by atoms with E-state index in [1.165, 1.54) is 19.2 Å². The van der Waals surface area contributed by atoms with E-state index in [1.807, 2.05) is 12.1 Å². The highest BCUT2D eigenvalue weighted by Crippen LogP contribution is 2.25. The van der Waals surface area contributed by atoms with Crippen LogP contribution < -0.4 is 19.5 Å². The van der Waals surface area contributed by atoms with Gasteiger partial charge in [0.25, 0.3) is 5.91 Å². The van der Waals surface area contributed by atoms with E-state index in [2.05, 4.69) is 10.0 Å². The average Bonchev–Trinajstić information content (AvgIpc) is 2.71. The highest BCUT2D eigenvalue weighted by Gasteiger charge is 2.17. The number of ether oxygens (including phenoxy) is 3. The number of carbonyl (C=O) groups is 1. The molecule has 2 rings (SSSR count). The van der Waals surface area contributed by atoms with E-state index in [-0.39, 0.29) is 42.7 Å². The minimum atomic E-state index is -3.72. The normalized spacial score (nSPS) is 11.1. The second-order valence-corrected chi connectivity index (χ2v) is 7.89. The van der Waals surface area contributed by atoms with Gasteiger partial charge in [-0.1, -0.05) is 18.2 Å². The van der Waals surface area contributed by atoms with Crippen LogP contribution in [0, 0.1) is 6.92 Å². The number of carbonyl (C=O) groups excluding carboxylic acids is 1. The van der Waals surface area contributed by atoms with Crippen molar-refractivity contribution in [1.29, 1.82) is 0 Å². The van der Waals surface area contributed by atoms with Crippen LogP contribution in [0.2, 0.25) is 0 Å². The fourth-order valence-corrected chi connectivity index (χ4v) is 3.57. The largest absolute Gasteiger partial charge is 0.493 e. The summed E-state index contributed by atoms with van der Waals surface area (Å²) in [5.41, 5.74) is 0.959. The van der Waals surface area contributed by atoms with Crippen molar-refractivity contribution in [2.75, 3.05) is 40.5 Å². The SMILES string of the molecule is COCCNS(=O)(=O)c1ccc(C)c(C(=O)NCCOc2ccccc2OC)c1. The molecule has 0 saturated heterocycles. The van der Waals surface area contributed by atoms with Crippen LogP contribution in [0.1, 0.15) is 15.9 Å². The van der Waals surface area contributed by atoms with Crippen LogP contribution in [-0.2, 0) is 14.8 Å². The molecule has 29 heavy (non-hydrogen) atoms. The van der Waals surface area contributed by atoms with E-state index in [1.54, 1.807) is 32.2 Å². The standard InChI is InChI=1S/C20H26N2O6S/c1-15-8-9-16(29(24,25)22-11-12-26-2)14-17(15)20(23)21-10-13-28-19-7-5-4-6-18(19)27-3/h4-9,14,22H,10-13H2,1-3H3,(H,21,23). The number of hydrogen-bond donors (Lipinski definition) is 2. The van der Waals surface area contributed by atoms with Crippen LogP contribution in [0.25, 0.3) is 0 Å².